The molecule has 3 aromatic rings. The largest absolute Gasteiger partial charge is 0.489 e. The van der Waals surface area contributed by atoms with Gasteiger partial charge in [-0.2, -0.15) is 0 Å². The van der Waals surface area contributed by atoms with E-state index in [1.165, 1.54) is 0 Å². The molecule has 0 amide bonds. The highest BCUT2D eigenvalue weighted by Gasteiger charge is 2.34. The van der Waals surface area contributed by atoms with Crippen LogP contribution in [0.25, 0.3) is 0 Å². The second-order valence-corrected chi connectivity index (χ2v) is 6.54. The highest BCUT2D eigenvalue weighted by molar-refractivity contribution is 5.94. The number of hydrogen-bond acceptors (Lipinski definition) is 6. The average molecular weight is 359 g/mol. The fourth-order valence-corrected chi connectivity index (χ4v) is 3.17. The summed E-state index contributed by atoms with van der Waals surface area (Å²) in [5, 5.41) is 2.96. The molecule has 1 aliphatic rings. The Morgan fingerprint density at radius 3 is 2.48 bits per heavy atom. The van der Waals surface area contributed by atoms with Gasteiger partial charge in [-0.25, -0.2) is 9.98 Å². The van der Waals surface area contributed by atoms with Gasteiger partial charge >= 0.3 is 0 Å². The maximum absolute atomic E-state index is 6.59. The molecule has 0 radical (unpaired) electrons. The number of aliphatic imine (C=N–C) groups is 1. The fraction of sp³-hybridized carbons (Fsp3) is 0.143. The van der Waals surface area contributed by atoms with Gasteiger partial charge in [0, 0.05) is 18.2 Å². The smallest absolute Gasteiger partial charge is 0.196 e. The lowest BCUT2D eigenvalue weighted by Gasteiger charge is -2.31. The third-order valence-corrected chi connectivity index (χ3v) is 4.49. The summed E-state index contributed by atoms with van der Waals surface area (Å²) in [5.41, 5.74) is 14.5. The molecular formula is C21H21N5O. The number of aromatic nitrogens is 1. The Kier molecular flexibility index (Phi) is 4.48. The van der Waals surface area contributed by atoms with Crippen LogP contribution in [0.2, 0.25) is 0 Å². The topological polar surface area (TPSA) is 98.5 Å². The third-order valence-electron chi connectivity index (χ3n) is 4.49. The first kappa shape index (κ1) is 17.1. The maximum atomic E-state index is 6.59. The number of nitrogens with zero attached hydrogens (tertiary/aromatic N) is 2. The van der Waals surface area contributed by atoms with Crippen LogP contribution in [-0.2, 0) is 18.7 Å². The Balaban J connectivity index is 1.49. The van der Waals surface area contributed by atoms with Crippen LogP contribution in [0.1, 0.15) is 16.7 Å². The van der Waals surface area contributed by atoms with E-state index in [1.807, 2.05) is 66.7 Å². The molecule has 27 heavy (non-hydrogen) atoms. The molecule has 1 atom stereocenters. The van der Waals surface area contributed by atoms with E-state index in [0.29, 0.717) is 18.8 Å². The Hall–Kier alpha value is -3.38. The minimum atomic E-state index is -0.953. The number of nitrogens with two attached hydrogens (primary N) is 2. The van der Waals surface area contributed by atoms with Crippen molar-refractivity contribution in [3.8, 4) is 5.75 Å². The van der Waals surface area contributed by atoms with Crippen molar-refractivity contribution >= 4 is 11.8 Å². The first-order chi connectivity index (χ1) is 13.1. The zero-order valence-corrected chi connectivity index (χ0v) is 14.8. The summed E-state index contributed by atoms with van der Waals surface area (Å²) in [7, 11) is 0. The Bertz CT molecular complexity index is 956. The number of guanidine groups is 1. The van der Waals surface area contributed by atoms with E-state index in [-0.39, 0.29) is 5.96 Å². The molecule has 1 aromatic heterocycles. The van der Waals surface area contributed by atoms with Crippen LogP contribution >= 0.6 is 0 Å². The minimum Gasteiger partial charge on any atom is -0.489 e. The molecule has 0 fully saturated rings. The molecule has 0 bridgehead atoms. The highest BCUT2D eigenvalue weighted by atomic mass is 16.5. The molecule has 0 saturated carbocycles. The summed E-state index contributed by atoms with van der Waals surface area (Å²) in [5.74, 6) is 1.73. The van der Waals surface area contributed by atoms with Crippen LogP contribution in [0.5, 0.6) is 5.75 Å². The van der Waals surface area contributed by atoms with Crippen molar-refractivity contribution in [2.45, 2.75) is 18.7 Å². The average Bonchev–Trinajstić information content (AvgIpc) is 2.68. The number of hydrogen-bond donors (Lipinski definition) is 3. The third kappa shape index (κ3) is 3.75. The molecule has 0 saturated heterocycles. The zero-order valence-electron chi connectivity index (χ0n) is 14.8. The van der Waals surface area contributed by atoms with E-state index in [4.69, 9.17) is 16.2 Å². The molecule has 6 nitrogen and oxygen atoms in total. The normalized spacial score (nSPS) is 18.2. The number of fused-ring (bicyclic) bond motifs is 1. The van der Waals surface area contributed by atoms with Crippen LogP contribution in [0.15, 0.2) is 77.9 Å². The van der Waals surface area contributed by atoms with E-state index < -0.39 is 5.66 Å². The van der Waals surface area contributed by atoms with Crippen molar-refractivity contribution < 1.29 is 4.74 Å². The number of nitrogens with one attached hydrogen (secondary N) is 1. The first-order valence-electron chi connectivity index (χ1n) is 8.75. The second kappa shape index (κ2) is 7.09. The molecule has 1 aliphatic heterocycles. The van der Waals surface area contributed by atoms with Gasteiger partial charge in [-0.3, -0.25) is 0 Å². The van der Waals surface area contributed by atoms with Gasteiger partial charge in [0.15, 0.2) is 5.96 Å². The van der Waals surface area contributed by atoms with Gasteiger partial charge < -0.3 is 21.5 Å². The van der Waals surface area contributed by atoms with Crippen LogP contribution in [0.3, 0.4) is 0 Å². The van der Waals surface area contributed by atoms with Gasteiger partial charge in [0.2, 0.25) is 0 Å². The van der Waals surface area contributed by atoms with E-state index in [1.54, 1.807) is 6.20 Å². The van der Waals surface area contributed by atoms with Crippen molar-refractivity contribution in [2.24, 2.45) is 16.5 Å². The van der Waals surface area contributed by atoms with Gasteiger partial charge in [-0.1, -0.05) is 42.5 Å². The molecule has 0 spiro atoms. The number of ether oxygens (including phenoxy) is 1. The lowest BCUT2D eigenvalue weighted by molar-refractivity contribution is 0.306. The highest BCUT2D eigenvalue weighted by Crippen LogP contribution is 2.32. The SMILES string of the molecule is NC1=NC(N)(Cc2ccc(OCc3ccccc3)cc2)c2cccnc2N1. The summed E-state index contributed by atoms with van der Waals surface area (Å²) in [6, 6.07) is 21.7. The van der Waals surface area contributed by atoms with Crippen LogP contribution < -0.4 is 21.5 Å². The van der Waals surface area contributed by atoms with Crippen molar-refractivity contribution in [1.29, 1.82) is 0 Å². The molecule has 0 aliphatic carbocycles. The number of benzene rings is 2. The van der Waals surface area contributed by atoms with E-state index in [2.05, 4.69) is 15.3 Å². The molecule has 136 valence electrons. The summed E-state index contributed by atoms with van der Waals surface area (Å²) in [6.07, 6.45) is 2.21. The monoisotopic (exact) mass is 359 g/mol. The van der Waals surface area contributed by atoms with Gasteiger partial charge in [-0.05, 0) is 35.4 Å². The molecular weight excluding hydrogens is 338 g/mol. The predicted octanol–water partition coefficient (Wildman–Crippen LogP) is 2.75. The van der Waals surface area contributed by atoms with Crippen molar-refractivity contribution in [1.82, 2.24) is 4.98 Å². The molecule has 6 heteroatoms. The molecule has 5 N–H and O–H groups in total. The molecule has 2 aromatic carbocycles. The predicted molar refractivity (Wildman–Crippen MR) is 106 cm³/mol. The first-order valence-corrected chi connectivity index (χ1v) is 8.75. The summed E-state index contributed by atoms with van der Waals surface area (Å²) >= 11 is 0. The Labute approximate surface area is 157 Å². The van der Waals surface area contributed by atoms with Crippen molar-refractivity contribution in [3.05, 3.63) is 89.6 Å². The van der Waals surface area contributed by atoms with Gasteiger partial charge in [0.05, 0.1) is 0 Å². The van der Waals surface area contributed by atoms with Crippen LogP contribution in [-0.4, -0.2) is 10.9 Å². The fourth-order valence-electron chi connectivity index (χ4n) is 3.17. The van der Waals surface area contributed by atoms with Crippen LogP contribution in [0, 0.1) is 0 Å². The van der Waals surface area contributed by atoms with Gasteiger partial charge in [0.25, 0.3) is 0 Å². The van der Waals surface area contributed by atoms with Crippen molar-refractivity contribution in [2.75, 3.05) is 5.32 Å². The lowest BCUT2D eigenvalue weighted by atomic mass is 9.92. The number of rotatable bonds is 5. The van der Waals surface area contributed by atoms with Gasteiger partial charge in [-0.15, -0.1) is 0 Å². The summed E-state index contributed by atoms with van der Waals surface area (Å²) in [6.45, 7) is 0.534. The van der Waals surface area contributed by atoms with Gasteiger partial charge in [0.1, 0.15) is 23.8 Å². The second-order valence-electron chi connectivity index (χ2n) is 6.54. The molecule has 2 heterocycles. The molecule has 1 unspecified atom stereocenters. The molecule has 4 rings (SSSR count). The number of pyridine rings is 1. The minimum absolute atomic E-state index is 0.270. The van der Waals surface area contributed by atoms with E-state index >= 15 is 0 Å². The van der Waals surface area contributed by atoms with E-state index in [9.17, 15) is 0 Å². The lowest BCUT2D eigenvalue weighted by Crippen LogP contribution is -2.45. The quantitative estimate of drug-likeness (QED) is 0.651. The maximum Gasteiger partial charge on any atom is 0.196 e. The summed E-state index contributed by atoms with van der Waals surface area (Å²) < 4.78 is 5.84. The van der Waals surface area contributed by atoms with Crippen molar-refractivity contribution in [3.63, 3.8) is 0 Å². The standard InChI is InChI=1S/C21H21N5O/c22-20-25-19-18(7-4-12-24-19)21(23,26-20)13-15-8-10-17(11-9-15)27-14-16-5-2-1-3-6-16/h1-12H,13-14,23H2,(H3,22,24,25,26). The zero-order chi connectivity index (χ0) is 18.7. The van der Waals surface area contributed by atoms with Crippen LogP contribution in [0.4, 0.5) is 5.82 Å². The number of anilines is 1. The van der Waals surface area contributed by atoms with E-state index in [0.717, 1.165) is 22.4 Å². The summed E-state index contributed by atoms with van der Waals surface area (Å²) in [4.78, 5) is 8.74. The Morgan fingerprint density at radius 2 is 1.70 bits per heavy atom. The Morgan fingerprint density at radius 1 is 0.926 bits per heavy atom.